The average molecular weight is 305 g/mol. The van der Waals surface area contributed by atoms with Crippen LogP contribution < -0.4 is 4.90 Å². The van der Waals surface area contributed by atoms with Gasteiger partial charge >= 0.3 is 0 Å². The predicted octanol–water partition coefficient (Wildman–Crippen LogP) is 2.92. The molecule has 4 rings (SSSR count). The van der Waals surface area contributed by atoms with Crippen LogP contribution in [0.15, 0.2) is 12.5 Å². The summed E-state index contributed by atoms with van der Waals surface area (Å²) in [5, 5.41) is 8.71. The fourth-order valence-corrected chi connectivity index (χ4v) is 3.75. The summed E-state index contributed by atoms with van der Waals surface area (Å²) in [6.45, 7) is 2.18. The first-order chi connectivity index (χ1) is 10.3. The summed E-state index contributed by atoms with van der Waals surface area (Å²) in [6.07, 6.45) is 9.43. The fourth-order valence-electron chi connectivity index (χ4n) is 3.62. The minimum Gasteiger partial charge on any atom is -0.341 e. The highest BCUT2D eigenvalue weighted by atomic mass is 35.5. The maximum absolute atomic E-state index is 6.05. The zero-order valence-electron chi connectivity index (χ0n) is 11.9. The first-order valence-corrected chi connectivity index (χ1v) is 7.88. The molecule has 21 heavy (non-hydrogen) atoms. The Morgan fingerprint density at radius 2 is 2.14 bits per heavy atom. The standard InChI is InChI=1S/C14H17ClN6/c1-2-10-13-19-17-8-20(13)11-7-16-14(15)18-12(11)21(10)9-5-3-4-6-9/h7-10H,2-6H2,1H3. The molecule has 110 valence electrons. The van der Waals surface area contributed by atoms with Crippen molar-refractivity contribution in [2.24, 2.45) is 0 Å². The van der Waals surface area contributed by atoms with Gasteiger partial charge in [0.15, 0.2) is 11.6 Å². The van der Waals surface area contributed by atoms with Gasteiger partial charge in [-0.3, -0.25) is 4.57 Å². The second kappa shape index (κ2) is 4.94. The fraction of sp³-hybridized carbons (Fsp3) is 0.571. The van der Waals surface area contributed by atoms with Crippen molar-refractivity contribution in [3.63, 3.8) is 0 Å². The van der Waals surface area contributed by atoms with E-state index in [1.807, 2.05) is 4.57 Å². The highest BCUT2D eigenvalue weighted by molar-refractivity contribution is 6.28. The van der Waals surface area contributed by atoms with E-state index in [9.17, 15) is 0 Å². The minimum absolute atomic E-state index is 0.203. The van der Waals surface area contributed by atoms with Gasteiger partial charge in [-0.05, 0) is 30.9 Å². The lowest BCUT2D eigenvalue weighted by Gasteiger charge is -2.40. The number of fused-ring (bicyclic) bond motifs is 3. The SMILES string of the molecule is CCC1c2nncn2-c2cnc(Cl)nc2N1C1CCCC1. The first-order valence-electron chi connectivity index (χ1n) is 7.50. The van der Waals surface area contributed by atoms with Crippen molar-refractivity contribution in [1.29, 1.82) is 0 Å². The van der Waals surface area contributed by atoms with E-state index in [4.69, 9.17) is 11.6 Å². The molecule has 0 bridgehead atoms. The second-order valence-electron chi connectivity index (χ2n) is 5.68. The van der Waals surface area contributed by atoms with E-state index in [-0.39, 0.29) is 6.04 Å². The van der Waals surface area contributed by atoms with Crippen molar-refractivity contribution in [1.82, 2.24) is 24.7 Å². The molecule has 0 spiro atoms. The summed E-state index contributed by atoms with van der Waals surface area (Å²) < 4.78 is 1.99. The molecule has 0 amide bonds. The Kier molecular flexibility index (Phi) is 3.06. The van der Waals surface area contributed by atoms with E-state index in [1.54, 1.807) is 12.5 Å². The topological polar surface area (TPSA) is 59.7 Å². The van der Waals surface area contributed by atoms with Crippen LogP contribution in [0.3, 0.4) is 0 Å². The molecule has 2 aliphatic rings. The van der Waals surface area contributed by atoms with Crippen molar-refractivity contribution < 1.29 is 0 Å². The summed E-state index contributed by atoms with van der Waals surface area (Å²) >= 11 is 6.05. The van der Waals surface area contributed by atoms with Crippen LogP contribution in [-0.4, -0.2) is 30.8 Å². The van der Waals surface area contributed by atoms with Crippen LogP contribution in [0.5, 0.6) is 0 Å². The Hall–Kier alpha value is -1.69. The van der Waals surface area contributed by atoms with Gasteiger partial charge in [0.25, 0.3) is 0 Å². The summed E-state index contributed by atoms with van der Waals surface area (Å²) in [7, 11) is 0. The van der Waals surface area contributed by atoms with Crippen molar-refractivity contribution in [3.05, 3.63) is 23.6 Å². The van der Waals surface area contributed by atoms with Crippen molar-refractivity contribution in [2.45, 2.75) is 51.1 Å². The Balaban J connectivity index is 1.91. The largest absolute Gasteiger partial charge is 0.341 e. The third-order valence-electron chi connectivity index (χ3n) is 4.54. The minimum atomic E-state index is 0.203. The molecule has 1 aliphatic heterocycles. The van der Waals surface area contributed by atoms with Crippen LogP contribution in [0.4, 0.5) is 5.82 Å². The third kappa shape index (κ3) is 1.92. The van der Waals surface area contributed by atoms with Gasteiger partial charge in [0.1, 0.15) is 12.0 Å². The monoisotopic (exact) mass is 304 g/mol. The van der Waals surface area contributed by atoms with Gasteiger partial charge in [-0.1, -0.05) is 19.8 Å². The number of anilines is 1. The molecular formula is C14H17ClN6. The lowest BCUT2D eigenvalue weighted by molar-refractivity contribution is 0.468. The smallest absolute Gasteiger partial charge is 0.224 e. The molecule has 2 aromatic heterocycles. The Labute approximate surface area is 128 Å². The maximum atomic E-state index is 6.05. The van der Waals surface area contributed by atoms with Gasteiger partial charge in [-0.2, -0.15) is 4.98 Å². The molecule has 1 atom stereocenters. The Morgan fingerprint density at radius 3 is 2.90 bits per heavy atom. The first kappa shape index (κ1) is 13.0. The van der Waals surface area contributed by atoms with Crippen LogP contribution in [-0.2, 0) is 0 Å². The maximum Gasteiger partial charge on any atom is 0.224 e. The number of aromatic nitrogens is 5. The molecule has 1 unspecified atom stereocenters. The predicted molar refractivity (Wildman–Crippen MR) is 79.7 cm³/mol. The molecule has 2 aromatic rings. The van der Waals surface area contributed by atoms with Crippen molar-refractivity contribution in [3.8, 4) is 5.69 Å². The van der Waals surface area contributed by atoms with E-state index >= 15 is 0 Å². The van der Waals surface area contributed by atoms with Gasteiger partial charge in [-0.15, -0.1) is 10.2 Å². The van der Waals surface area contributed by atoms with Gasteiger partial charge < -0.3 is 4.90 Å². The zero-order chi connectivity index (χ0) is 14.4. The molecule has 1 saturated carbocycles. The molecule has 6 nitrogen and oxygen atoms in total. The van der Waals surface area contributed by atoms with Gasteiger partial charge in [-0.25, -0.2) is 4.98 Å². The van der Waals surface area contributed by atoms with Crippen molar-refractivity contribution in [2.75, 3.05) is 4.90 Å². The lowest BCUT2D eigenvalue weighted by Crippen LogP contribution is -2.41. The second-order valence-corrected chi connectivity index (χ2v) is 6.01. The lowest BCUT2D eigenvalue weighted by atomic mass is 10.0. The molecule has 3 heterocycles. The van der Waals surface area contributed by atoms with Crippen LogP contribution in [0.2, 0.25) is 5.28 Å². The van der Waals surface area contributed by atoms with Crippen LogP contribution in [0, 0.1) is 0 Å². The number of nitrogens with zero attached hydrogens (tertiary/aromatic N) is 6. The Bertz CT molecular complexity index is 663. The Morgan fingerprint density at radius 1 is 1.33 bits per heavy atom. The summed E-state index contributed by atoms with van der Waals surface area (Å²) in [6, 6.07) is 0.708. The molecule has 0 radical (unpaired) electrons. The highest BCUT2D eigenvalue weighted by Crippen LogP contribution is 2.42. The number of rotatable bonds is 2. The van der Waals surface area contributed by atoms with Gasteiger partial charge in [0.2, 0.25) is 5.28 Å². The van der Waals surface area contributed by atoms with Gasteiger partial charge in [0, 0.05) is 6.04 Å². The van der Waals surface area contributed by atoms with E-state index in [0.29, 0.717) is 11.3 Å². The van der Waals surface area contributed by atoms with Crippen LogP contribution in [0.25, 0.3) is 5.69 Å². The van der Waals surface area contributed by atoms with Crippen molar-refractivity contribution >= 4 is 17.4 Å². The highest BCUT2D eigenvalue weighted by Gasteiger charge is 2.38. The van der Waals surface area contributed by atoms with Crippen LogP contribution in [0.1, 0.15) is 50.9 Å². The molecule has 0 N–H and O–H groups in total. The van der Waals surface area contributed by atoms with E-state index in [2.05, 4.69) is 32.0 Å². The van der Waals surface area contributed by atoms with Gasteiger partial charge in [0.05, 0.1) is 12.2 Å². The normalized spacial score (nSPS) is 21.4. The quantitative estimate of drug-likeness (QED) is 0.798. The molecule has 7 heteroatoms. The molecule has 1 fully saturated rings. The van der Waals surface area contributed by atoms with E-state index in [0.717, 1.165) is 23.8 Å². The molecular weight excluding hydrogens is 288 g/mol. The number of hydrogen-bond acceptors (Lipinski definition) is 5. The molecule has 0 aromatic carbocycles. The average Bonchev–Trinajstić information content (AvgIpc) is 3.16. The molecule has 1 aliphatic carbocycles. The summed E-state index contributed by atoms with van der Waals surface area (Å²) in [5.74, 6) is 1.89. The van der Waals surface area contributed by atoms with E-state index in [1.165, 1.54) is 25.7 Å². The number of hydrogen-bond donors (Lipinski definition) is 0. The zero-order valence-corrected chi connectivity index (χ0v) is 12.7. The summed E-state index contributed by atoms with van der Waals surface area (Å²) in [5.41, 5.74) is 0.927. The van der Waals surface area contributed by atoms with Crippen LogP contribution >= 0.6 is 11.6 Å². The third-order valence-corrected chi connectivity index (χ3v) is 4.72. The number of halogens is 1. The molecule has 0 saturated heterocycles. The van der Waals surface area contributed by atoms with E-state index < -0.39 is 0 Å². The summed E-state index contributed by atoms with van der Waals surface area (Å²) in [4.78, 5) is 11.1.